The number of nitrogens with zero attached hydrogens (tertiary/aromatic N) is 1. The predicted octanol–water partition coefficient (Wildman–Crippen LogP) is 4.08. The van der Waals surface area contributed by atoms with Gasteiger partial charge in [0.1, 0.15) is 0 Å². The second-order valence-corrected chi connectivity index (χ2v) is 5.13. The molecular formula is C14H29N. The summed E-state index contributed by atoms with van der Waals surface area (Å²) in [4.78, 5) is 2.65. The Bertz CT molecular complexity index is 132. The summed E-state index contributed by atoms with van der Waals surface area (Å²) in [6.07, 6.45) is 11.6. The molecule has 0 amide bonds. The van der Waals surface area contributed by atoms with Crippen LogP contribution < -0.4 is 0 Å². The van der Waals surface area contributed by atoms with Gasteiger partial charge >= 0.3 is 0 Å². The maximum Gasteiger partial charge on any atom is -0.00186 e. The first-order valence-electron chi connectivity index (χ1n) is 7.09. The predicted molar refractivity (Wildman–Crippen MR) is 68.2 cm³/mol. The smallest absolute Gasteiger partial charge is 0.00186 e. The van der Waals surface area contributed by atoms with E-state index in [0.717, 1.165) is 5.92 Å². The van der Waals surface area contributed by atoms with Crippen LogP contribution in [0.25, 0.3) is 0 Å². The van der Waals surface area contributed by atoms with Crippen molar-refractivity contribution in [3.8, 4) is 0 Å². The maximum absolute atomic E-state index is 2.65. The minimum absolute atomic E-state index is 1.08. The van der Waals surface area contributed by atoms with Crippen LogP contribution in [0.3, 0.4) is 0 Å². The average Bonchev–Trinajstić information content (AvgIpc) is 2.71. The molecule has 0 aromatic carbocycles. The second-order valence-electron chi connectivity index (χ2n) is 5.13. The number of hydrogen-bond donors (Lipinski definition) is 0. The lowest BCUT2D eigenvalue weighted by Crippen LogP contribution is -2.26. The van der Waals surface area contributed by atoms with Crippen molar-refractivity contribution < 1.29 is 0 Å². The van der Waals surface area contributed by atoms with Crippen molar-refractivity contribution >= 4 is 0 Å². The lowest BCUT2D eigenvalue weighted by Gasteiger charge is -2.21. The van der Waals surface area contributed by atoms with Crippen LogP contribution in [-0.2, 0) is 0 Å². The van der Waals surface area contributed by atoms with E-state index in [4.69, 9.17) is 0 Å². The van der Waals surface area contributed by atoms with Gasteiger partial charge in [-0.3, -0.25) is 0 Å². The highest BCUT2D eigenvalue weighted by atomic mass is 15.1. The van der Waals surface area contributed by atoms with Gasteiger partial charge in [0, 0.05) is 0 Å². The van der Waals surface area contributed by atoms with Gasteiger partial charge < -0.3 is 4.90 Å². The highest BCUT2D eigenvalue weighted by molar-refractivity contribution is 4.68. The minimum Gasteiger partial charge on any atom is -0.303 e. The third kappa shape index (κ3) is 5.55. The van der Waals surface area contributed by atoms with Gasteiger partial charge in [-0.15, -0.1) is 0 Å². The molecule has 0 radical (unpaired) electrons. The number of hydrogen-bond acceptors (Lipinski definition) is 1. The molecule has 15 heavy (non-hydrogen) atoms. The van der Waals surface area contributed by atoms with Crippen molar-refractivity contribution in [2.24, 2.45) is 5.92 Å². The van der Waals surface area contributed by atoms with Crippen LogP contribution in [0.15, 0.2) is 0 Å². The fraction of sp³-hybridized carbons (Fsp3) is 1.00. The molecule has 0 N–H and O–H groups in total. The number of rotatable bonds is 8. The molecule has 0 bridgehead atoms. The summed E-state index contributed by atoms with van der Waals surface area (Å²) in [5.74, 6) is 1.08. The van der Waals surface area contributed by atoms with Crippen LogP contribution in [0, 0.1) is 5.92 Å². The van der Waals surface area contributed by atoms with Crippen LogP contribution >= 0.6 is 0 Å². The zero-order valence-electron chi connectivity index (χ0n) is 10.8. The van der Waals surface area contributed by atoms with E-state index in [1.54, 1.807) is 0 Å². The van der Waals surface area contributed by atoms with Crippen LogP contribution in [-0.4, -0.2) is 24.5 Å². The van der Waals surface area contributed by atoms with Gasteiger partial charge in [-0.25, -0.2) is 0 Å². The van der Waals surface area contributed by atoms with Crippen LogP contribution in [0.2, 0.25) is 0 Å². The first-order chi connectivity index (χ1) is 7.36. The van der Waals surface area contributed by atoms with E-state index in [0.29, 0.717) is 0 Å². The van der Waals surface area contributed by atoms with Crippen molar-refractivity contribution in [1.29, 1.82) is 0 Å². The van der Waals surface area contributed by atoms with Crippen molar-refractivity contribution in [2.45, 2.75) is 65.2 Å². The largest absolute Gasteiger partial charge is 0.303 e. The molecule has 0 aliphatic heterocycles. The summed E-state index contributed by atoms with van der Waals surface area (Å²) >= 11 is 0. The third-order valence-corrected chi connectivity index (χ3v) is 3.64. The van der Waals surface area contributed by atoms with E-state index in [9.17, 15) is 0 Å². The van der Waals surface area contributed by atoms with Gasteiger partial charge in [-0.05, 0) is 51.2 Å². The van der Waals surface area contributed by atoms with Gasteiger partial charge in [-0.2, -0.15) is 0 Å². The van der Waals surface area contributed by atoms with Crippen LogP contribution in [0.1, 0.15) is 65.2 Å². The molecule has 90 valence electrons. The lowest BCUT2D eigenvalue weighted by molar-refractivity contribution is 0.261. The van der Waals surface area contributed by atoms with Crippen LogP contribution in [0.5, 0.6) is 0 Å². The average molecular weight is 211 g/mol. The molecule has 1 rings (SSSR count). The summed E-state index contributed by atoms with van der Waals surface area (Å²) in [5, 5.41) is 0. The second kappa shape index (κ2) is 8.15. The topological polar surface area (TPSA) is 3.24 Å². The third-order valence-electron chi connectivity index (χ3n) is 3.64. The minimum atomic E-state index is 1.08. The molecule has 0 aromatic rings. The molecule has 1 nitrogen and oxygen atoms in total. The summed E-state index contributed by atoms with van der Waals surface area (Å²) < 4.78 is 0. The van der Waals surface area contributed by atoms with Gasteiger partial charge in [-0.1, -0.05) is 39.5 Å². The molecule has 0 atom stereocenters. The first kappa shape index (κ1) is 13.0. The van der Waals surface area contributed by atoms with Gasteiger partial charge in [0.25, 0.3) is 0 Å². The molecule has 1 fully saturated rings. The lowest BCUT2D eigenvalue weighted by atomic mass is 10.0. The van der Waals surface area contributed by atoms with E-state index in [-0.39, 0.29) is 0 Å². The Hall–Kier alpha value is -0.0400. The zero-order chi connectivity index (χ0) is 10.9. The highest BCUT2D eigenvalue weighted by Gasteiger charge is 2.14. The molecule has 1 aliphatic rings. The monoisotopic (exact) mass is 211 g/mol. The first-order valence-corrected chi connectivity index (χ1v) is 7.09. The Morgan fingerprint density at radius 1 is 0.933 bits per heavy atom. The molecular weight excluding hydrogens is 182 g/mol. The standard InChI is InChI=1S/C14H29N/c1-3-11-15(12-4-2)13-7-10-14-8-5-6-9-14/h14H,3-13H2,1-2H3. The molecule has 0 unspecified atom stereocenters. The van der Waals surface area contributed by atoms with Crippen molar-refractivity contribution in [3.05, 3.63) is 0 Å². The van der Waals surface area contributed by atoms with E-state index in [1.165, 1.54) is 71.0 Å². The van der Waals surface area contributed by atoms with Gasteiger partial charge in [0.05, 0.1) is 0 Å². The normalized spacial score (nSPS) is 17.8. The Kier molecular flexibility index (Phi) is 7.08. The summed E-state index contributed by atoms with van der Waals surface area (Å²) in [6, 6.07) is 0. The van der Waals surface area contributed by atoms with E-state index in [2.05, 4.69) is 18.7 Å². The zero-order valence-corrected chi connectivity index (χ0v) is 10.8. The Labute approximate surface area is 96.2 Å². The summed E-state index contributed by atoms with van der Waals surface area (Å²) in [6.45, 7) is 8.54. The van der Waals surface area contributed by atoms with E-state index >= 15 is 0 Å². The summed E-state index contributed by atoms with van der Waals surface area (Å²) in [7, 11) is 0. The van der Waals surface area contributed by atoms with Gasteiger partial charge in [0.2, 0.25) is 0 Å². The molecule has 1 aliphatic carbocycles. The Morgan fingerprint density at radius 2 is 1.53 bits per heavy atom. The molecule has 1 saturated carbocycles. The van der Waals surface area contributed by atoms with E-state index in [1.807, 2.05) is 0 Å². The maximum atomic E-state index is 2.65. The van der Waals surface area contributed by atoms with Gasteiger partial charge in [0.15, 0.2) is 0 Å². The quantitative estimate of drug-likeness (QED) is 0.585. The molecule has 0 spiro atoms. The SMILES string of the molecule is CCCN(CCC)CCCC1CCCC1. The Balaban J connectivity index is 2.04. The molecule has 0 saturated heterocycles. The van der Waals surface area contributed by atoms with Crippen molar-refractivity contribution in [3.63, 3.8) is 0 Å². The van der Waals surface area contributed by atoms with E-state index < -0.39 is 0 Å². The molecule has 0 aromatic heterocycles. The highest BCUT2D eigenvalue weighted by Crippen LogP contribution is 2.28. The summed E-state index contributed by atoms with van der Waals surface area (Å²) in [5.41, 5.74) is 0. The van der Waals surface area contributed by atoms with Crippen molar-refractivity contribution in [1.82, 2.24) is 4.90 Å². The fourth-order valence-electron chi connectivity index (χ4n) is 2.87. The fourth-order valence-corrected chi connectivity index (χ4v) is 2.87. The molecule has 0 heterocycles. The van der Waals surface area contributed by atoms with Crippen molar-refractivity contribution in [2.75, 3.05) is 19.6 Å². The Morgan fingerprint density at radius 3 is 2.07 bits per heavy atom. The molecule has 1 heteroatoms. The van der Waals surface area contributed by atoms with Crippen LogP contribution in [0.4, 0.5) is 0 Å².